The van der Waals surface area contributed by atoms with Crippen molar-refractivity contribution < 1.29 is 0 Å². The molecule has 3 nitrogen and oxygen atoms in total. The van der Waals surface area contributed by atoms with Crippen LogP contribution in [0.5, 0.6) is 0 Å². The molecule has 1 saturated heterocycles. The van der Waals surface area contributed by atoms with Crippen molar-refractivity contribution in [3.8, 4) is 6.07 Å². The average Bonchev–Trinajstić information content (AvgIpc) is 2.43. The fraction of sp³-hybridized carbons (Fsp3) is 0.533. The molecule has 0 bridgehead atoms. The summed E-state index contributed by atoms with van der Waals surface area (Å²) in [6.07, 6.45) is 2.30. The Morgan fingerprint density at radius 2 is 2.11 bits per heavy atom. The highest BCUT2D eigenvalue weighted by Gasteiger charge is 2.28. The predicted octanol–water partition coefficient (Wildman–Crippen LogP) is 2.79. The van der Waals surface area contributed by atoms with Gasteiger partial charge in [-0.25, -0.2) is 0 Å². The Balaban J connectivity index is 1.98. The average molecular weight is 278 g/mol. The van der Waals surface area contributed by atoms with Gasteiger partial charge in [0.15, 0.2) is 0 Å². The standard InChI is InChI=1S/C15H20ClN3/c1-15(18-2)5-7-19(8-6-15)11-13-4-3-12(10-17)9-14(13)16/h3-4,9,18H,5-8,11H2,1-2H3. The predicted molar refractivity (Wildman–Crippen MR) is 78.1 cm³/mol. The smallest absolute Gasteiger partial charge is 0.0992 e. The molecule has 1 N–H and O–H groups in total. The third-order valence-corrected chi connectivity index (χ3v) is 4.49. The molecule has 0 spiro atoms. The van der Waals surface area contributed by atoms with Crippen molar-refractivity contribution in [2.75, 3.05) is 20.1 Å². The van der Waals surface area contributed by atoms with Crippen LogP contribution in [0, 0.1) is 11.3 Å². The number of hydrogen-bond donors (Lipinski definition) is 1. The van der Waals surface area contributed by atoms with Gasteiger partial charge in [0.25, 0.3) is 0 Å². The third kappa shape index (κ3) is 3.48. The Labute approximate surface area is 120 Å². The maximum atomic E-state index is 8.83. The van der Waals surface area contributed by atoms with Crippen LogP contribution in [-0.2, 0) is 6.54 Å². The summed E-state index contributed by atoms with van der Waals surface area (Å²) in [5, 5.41) is 12.9. The SMILES string of the molecule is CNC1(C)CCN(Cc2ccc(C#N)cc2Cl)CC1. The lowest BCUT2D eigenvalue weighted by atomic mass is 9.90. The molecule has 1 aromatic rings. The fourth-order valence-electron chi connectivity index (χ4n) is 2.44. The van der Waals surface area contributed by atoms with E-state index in [9.17, 15) is 0 Å². The number of halogens is 1. The molecule has 4 heteroatoms. The Kier molecular flexibility index (Phi) is 4.46. The van der Waals surface area contributed by atoms with Gasteiger partial charge in [0.2, 0.25) is 0 Å². The van der Waals surface area contributed by atoms with E-state index < -0.39 is 0 Å². The summed E-state index contributed by atoms with van der Waals surface area (Å²) in [6, 6.07) is 7.66. The molecule has 1 aromatic carbocycles. The topological polar surface area (TPSA) is 39.1 Å². The van der Waals surface area contributed by atoms with Gasteiger partial charge in [-0.1, -0.05) is 17.7 Å². The summed E-state index contributed by atoms with van der Waals surface area (Å²) < 4.78 is 0. The number of rotatable bonds is 3. The summed E-state index contributed by atoms with van der Waals surface area (Å²) in [5.74, 6) is 0. The first kappa shape index (κ1) is 14.3. The minimum Gasteiger partial charge on any atom is -0.314 e. The van der Waals surface area contributed by atoms with E-state index >= 15 is 0 Å². The number of likely N-dealkylation sites (tertiary alicyclic amines) is 1. The third-order valence-electron chi connectivity index (χ3n) is 4.14. The molecule has 19 heavy (non-hydrogen) atoms. The van der Waals surface area contributed by atoms with Gasteiger partial charge in [0.05, 0.1) is 11.6 Å². The molecule has 1 heterocycles. The highest BCUT2D eigenvalue weighted by molar-refractivity contribution is 6.31. The molecule has 0 amide bonds. The maximum absolute atomic E-state index is 8.83. The minimum absolute atomic E-state index is 0.269. The summed E-state index contributed by atoms with van der Waals surface area (Å²) in [7, 11) is 2.03. The van der Waals surface area contributed by atoms with E-state index in [1.807, 2.05) is 19.2 Å². The molecular formula is C15H20ClN3. The van der Waals surface area contributed by atoms with E-state index in [0.29, 0.717) is 10.6 Å². The molecule has 0 radical (unpaired) electrons. The zero-order chi connectivity index (χ0) is 13.9. The second kappa shape index (κ2) is 5.92. The van der Waals surface area contributed by atoms with Gasteiger partial charge >= 0.3 is 0 Å². The number of nitrogens with one attached hydrogen (secondary N) is 1. The van der Waals surface area contributed by atoms with Gasteiger partial charge in [-0.15, -0.1) is 0 Å². The van der Waals surface area contributed by atoms with Crippen LogP contribution in [-0.4, -0.2) is 30.6 Å². The Bertz CT molecular complexity index is 485. The normalized spacial score (nSPS) is 19.1. The van der Waals surface area contributed by atoms with Crippen molar-refractivity contribution in [1.82, 2.24) is 10.2 Å². The second-order valence-corrected chi connectivity index (χ2v) is 5.91. The van der Waals surface area contributed by atoms with Gasteiger partial charge < -0.3 is 5.32 Å². The van der Waals surface area contributed by atoms with E-state index in [1.54, 1.807) is 6.07 Å². The van der Waals surface area contributed by atoms with Gasteiger partial charge in [-0.2, -0.15) is 5.26 Å². The zero-order valence-corrected chi connectivity index (χ0v) is 12.3. The molecule has 0 aromatic heterocycles. The first-order valence-electron chi connectivity index (χ1n) is 6.66. The molecule has 1 fully saturated rings. The molecule has 1 aliphatic rings. The fourth-order valence-corrected chi connectivity index (χ4v) is 2.68. The molecule has 0 atom stereocenters. The molecule has 0 aliphatic carbocycles. The quantitative estimate of drug-likeness (QED) is 0.923. The molecule has 1 aliphatic heterocycles. The van der Waals surface area contributed by atoms with E-state index in [4.69, 9.17) is 16.9 Å². The zero-order valence-electron chi connectivity index (χ0n) is 11.5. The highest BCUT2D eigenvalue weighted by atomic mass is 35.5. The molecular weight excluding hydrogens is 258 g/mol. The van der Waals surface area contributed by atoms with E-state index in [-0.39, 0.29) is 5.54 Å². The summed E-state index contributed by atoms with van der Waals surface area (Å²) in [4.78, 5) is 2.42. The van der Waals surface area contributed by atoms with Gasteiger partial charge in [0, 0.05) is 30.2 Å². The number of piperidine rings is 1. The summed E-state index contributed by atoms with van der Waals surface area (Å²) in [6.45, 7) is 5.30. The van der Waals surface area contributed by atoms with Gasteiger partial charge in [0.1, 0.15) is 0 Å². The van der Waals surface area contributed by atoms with E-state index in [1.165, 1.54) is 0 Å². The Morgan fingerprint density at radius 3 is 2.63 bits per heavy atom. The largest absolute Gasteiger partial charge is 0.314 e. The Morgan fingerprint density at radius 1 is 1.42 bits per heavy atom. The number of nitriles is 1. The summed E-state index contributed by atoms with van der Waals surface area (Å²) >= 11 is 6.22. The van der Waals surface area contributed by atoms with Gasteiger partial charge in [-0.3, -0.25) is 4.90 Å². The van der Waals surface area contributed by atoms with Gasteiger partial charge in [-0.05, 0) is 44.5 Å². The van der Waals surface area contributed by atoms with Crippen molar-refractivity contribution in [3.05, 3.63) is 34.3 Å². The van der Waals surface area contributed by atoms with Crippen LogP contribution in [0.3, 0.4) is 0 Å². The van der Waals surface area contributed by atoms with Crippen LogP contribution < -0.4 is 5.32 Å². The van der Waals surface area contributed by atoms with E-state index in [0.717, 1.165) is 38.0 Å². The van der Waals surface area contributed by atoms with Crippen LogP contribution in [0.4, 0.5) is 0 Å². The molecule has 0 unspecified atom stereocenters. The van der Waals surface area contributed by atoms with Crippen molar-refractivity contribution in [1.29, 1.82) is 5.26 Å². The first-order chi connectivity index (χ1) is 9.06. The number of benzene rings is 1. The first-order valence-corrected chi connectivity index (χ1v) is 7.04. The number of hydrogen-bond acceptors (Lipinski definition) is 3. The molecule has 102 valence electrons. The van der Waals surface area contributed by atoms with Crippen LogP contribution >= 0.6 is 11.6 Å². The lowest BCUT2D eigenvalue weighted by molar-refractivity contribution is 0.146. The Hall–Kier alpha value is -1.08. The second-order valence-electron chi connectivity index (χ2n) is 5.50. The summed E-state index contributed by atoms with van der Waals surface area (Å²) in [5.41, 5.74) is 1.99. The van der Waals surface area contributed by atoms with Crippen molar-refractivity contribution in [3.63, 3.8) is 0 Å². The van der Waals surface area contributed by atoms with Crippen LogP contribution in [0.1, 0.15) is 30.9 Å². The lowest BCUT2D eigenvalue weighted by Gasteiger charge is -2.39. The van der Waals surface area contributed by atoms with Crippen molar-refractivity contribution in [2.24, 2.45) is 0 Å². The van der Waals surface area contributed by atoms with Crippen molar-refractivity contribution >= 4 is 11.6 Å². The molecule has 0 saturated carbocycles. The highest BCUT2D eigenvalue weighted by Crippen LogP contribution is 2.25. The van der Waals surface area contributed by atoms with Crippen LogP contribution in [0.25, 0.3) is 0 Å². The number of nitrogens with zero attached hydrogens (tertiary/aromatic N) is 2. The molecule has 2 rings (SSSR count). The van der Waals surface area contributed by atoms with Crippen molar-refractivity contribution in [2.45, 2.75) is 31.8 Å². The monoisotopic (exact) mass is 277 g/mol. The lowest BCUT2D eigenvalue weighted by Crippen LogP contribution is -2.49. The maximum Gasteiger partial charge on any atom is 0.0992 e. The van der Waals surface area contributed by atoms with E-state index in [2.05, 4.69) is 23.2 Å². The van der Waals surface area contributed by atoms with Crippen LogP contribution in [0.15, 0.2) is 18.2 Å². The minimum atomic E-state index is 0.269. The van der Waals surface area contributed by atoms with Crippen LogP contribution in [0.2, 0.25) is 5.02 Å².